The Hall–Kier alpha value is -4.13. The number of nitrogens with two attached hydrogens (primary N) is 1. The highest BCUT2D eigenvalue weighted by Gasteiger charge is 2.46. The Balaban J connectivity index is 1.45. The fourth-order valence-corrected chi connectivity index (χ4v) is 3.50. The van der Waals surface area contributed by atoms with Crippen LogP contribution in [-0.2, 0) is 16.1 Å². The van der Waals surface area contributed by atoms with Crippen LogP contribution < -0.4 is 16.4 Å². The van der Waals surface area contributed by atoms with Gasteiger partial charge in [0.1, 0.15) is 17.3 Å². The summed E-state index contributed by atoms with van der Waals surface area (Å²) in [7, 11) is 0. The fourth-order valence-electron chi connectivity index (χ4n) is 3.50. The number of nitrogens with one attached hydrogen (secondary N) is 2. The number of ketones is 1. The van der Waals surface area contributed by atoms with Crippen molar-refractivity contribution < 1.29 is 14.4 Å². The van der Waals surface area contributed by atoms with Crippen molar-refractivity contribution in [1.29, 1.82) is 5.26 Å². The van der Waals surface area contributed by atoms with Gasteiger partial charge in [0, 0.05) is 24.6 Å². The van der Waals surface area contributed by atoms with Gasteiger partial charge < -0.3 is 21.3 Å². The molecule has 2 unspecified atom stereocenters. The van der Waals surface area contributed by atoms with Crippen LogP contribution in [0.4, 0.5) is 0 Å². The molecule has 0 spiro atoms. The summed E-state index contributed by atoms with van der Waals surface area (Å²) >= 11 is 0. The van der Waals surface area contributed by atoms with Gasteiger partial charge in [0.25, 0.3) is 11.8 Å². The molecule has 2 amide bonds. The third kappa shape index (κ3) is 4.11. The van der Waals surface area contributed by atoms with E-state index in [1.54, 1.807) is 34.0 Å². The van der Waals surface area contributed by atoms with Crippen LogP contribution in [-0.4, -0.2) is 45.5 Å². The van der Waals surface area contributed by atoms with Crippen LogP contribution in [0.5, 0.6) is 0 Å². The number of nitrogens with zero attached hydrogens (tertiary/aromatic N) is 4. The first-order valence-corrected chi connectivity index (χ1v) is 9.77. The molecule has 0 bridgehead atoms. The molecule has 1 aliphatic carbocycles. The van der Waals surface area contributed by atoms with Crippen LogP contribution in [0.15, 0.2) is 48.2 Å². The Labute approximate surface area is 178 Å². The Morgan fingerprint density at radius 1 is 1.42 bits per heavy atom. The Morgan fingerprint density at radius 3 is 2.90 bits per heavy atom. The van der Waals surface area contributed by atoms with Crippen molar-refractivity contribution >= 4 is 17.6 Å². The van der Waals surface area contributed by atoms with Crippen LogP contribution >= 0.6 is 0 Å². The first-order chi connectivity index (χ1) is 14.9. The Morgan fingerprint density at radius 2 is 2.19 bits per heavy atom. The van der Waals surface area contributed by atoms with E-state index in [9.17, 15) is 14.4 Å². The molecule has 0 saturated heterocycles. The van der Waals surface area contributed by atoms with Gasteiger partial charge in [0.15, 0.2) is 0 Å². The minimum absolute atomic E-state index is 0.0110. The van der Waals surface area contributed by atoms with Crippen molar-refractivity contribution in [2.75, 3.05) is 13.2 Å². The van der Waals surface area contributed by atoms with E-state index in [-0.39, 0.29) is 41.4 Å². The zero-order valence-corrected chi connectivity index (χ0v) is 16.8. The summed E-state index contributed by atoms with van der Waals surface area (Å²) in [6.07, 6.45) is 2.94. The van der Waals surface area contributed by atoms with E-state index in [2.05, 4.69) is 21.8 Å². The standard InChI is InChI=1S/C21H21N7O3/c1-12-16(18(12)29)10-27-11-24-21(31)17(19(27)23)26-20(30)15-7-25-28(9-15)8-14-4-2-3-13(5-14)6-22/h2-5,7,9,12,16H,8,10-11,23H2,1H3,(H,24,31)(H,26,30). The van der Waals surface area contributed by atoms with Gasteiger partial charge in [-0.05, 0) is 17.7 Å². The molecule has 2 heterocycles. The highest BCUT2D eigenvalue weighted by atomic mass is 16.2. The minimum atomic E-state index is -0.525. The number of nitriles is 1. The van der Waals surface area contributed by atoms with Crippen molar-refractivity contribution in [1.82, 2.24) is 25.3 Å². The maximum Gasteiger partial charge on any atom is 0.272 e. The summed E-state index contributed by atoms with van der Waals surface area (Å²) < 4.78 is 1.57. The lowest BCUT2D eigenvalue weighted by molar-refractivity contribution is -0.119. The maximum atomic E-state index is 12.7. The van der Waals surface area contributed by atoms with E-state index < -0.39 is 11.8 Å². The van der Waals surface area contributed by atoms with E-state index in [1.165, 1.54) is 6.20 Å². The number of benzene rings is 1. The number of hydrogen-bond acceptors (Lipinski definition) is 7. The van der Waals surface area contributed by atoms with Crippen molar-refractivity contribution in [2.45, 2.75) is 13.5 Å². The normalized spacial score (nSPS) is 20.3. The highest BCUT2D eigenvalue weighted by molar-refractivity contribution is 6.03. The highest BCUT2D eigenvalue weighted by Crippen LogP contribution is 2.34. The first-order valence-electron chi connectivity index (χ1n) is 9.77. The second-order valence-electron chi connectivity index (χ2n) is 7.64. The molecule has 2 aromatic rings. The molecule has 0 radical (unpaired) electrons. The molecule has 4 rings (SSSR count). The van der Waals surface area contributed by atoms with Crippen LogP contribution in [0.1, 0.15) is 28.4 Å². The van der Waals surface area contributed by atoms with Gasteiger partial charge in [-0.25, -0.2) is 0 Å². The lowest BCUT2D eigenvalue weighted by atomic mass is 10.1. The van der Waals surface area contributed by atoms with Crippen molar-refractivity contribution in [2.24, 2.45) is 17.6 Å². The smallest absolute Gasteiger partial charge is 0.272 e. The number of carbonyl (C=O) groups is 3. The third-order valence-corrected chi connectivity index (χ3v) is 5.51. The summed E-state index contributed by atoms with van der Waals surface area (Å²) in [4.78, 5) is 38.2. The van der Waals surface area contributed by atoms with Crippen LogP contribution in [0.3, 0.4) is 0 Å². The zero-order chi connectivity index (χ0) is 22.1. The van der Waals surface area contributed by atoms with E-state index in [0.29, 0.717) is 18.7 Å². The number of carbonyl (C=O) groups excluding carboxylic acids is 3. The summed E-state index contributed by atoms with van der Waals surface area (Å²) in [6.45, 7) is 2.81. The van der Waals surface area contributed by atoms with Crippen molar-refractivity contribution in [3.05, 3.63) is 64.9 Å². The Bertz CT molecular complexity index is 1140. The summed E-state index contributed by atoms with van der Waals surface area (Å²) in [6, 6.07) is 9.19. The van der Waals surface area contributed by atoms with E-state index >= 15 is 0 Å². The van der Waals surface area contributed by atoms with Gasteiger partial charge >= 0.3 is 0 Å². The van der Waals surface area contributed by atoms with Crippen LogP contribution in [0.25, 0.3) is 0 Å². The Kier molecular flexibility index (Phi) is 5.17. The predicted octanol–water partition coefficient (Wildman–Crippen LogP) is -0.115. The van der Waals surface area contributed by atoms with Crippen LogP contribution in [0, 0.1) is 23.2 Å². The third-order valence-electron chi connectivity index (χ3n) is 5.51. The van der Waals surface area contributed by atoms with E-state index in [1.807, 2.05) is 13.0 Å². The molecule has 1 saturated carbocycles. The number of aromatic nitrogens is 2. The van der Waals surface area contributed by atoms with Gasteiger partial charge in [-0.2, -0.15) is 10.4 Å². The number of rotatable bonds is 6. The topological polar surface area (TPSA) is 146 Å². The first kappa shape index (κ1) is 20.2. The monoisotopic (exact) mass is 419 g/mol. The molecular weight excluding hydrogens is 398 g/mol. The summed E-state index contributed by atoms with van der Waals surface area (Å²) in [5, 5.41) is 18.4. The molecule has 10 heteroatoms. The minimum Gasteiger partial charge on any atom is -0.383 e. The molecular formula is C21H21N7O3. The van der Waals surface area contributed by atoms with Crippen molar-refractivity contribution in [3.63, 3.8) is 0 Å². The van der Waals surface area contributed by atoms with Gasteiger partial charge in [-0.15, -0.1) is 0 Å². The maximum absolute atomic E-state index is 12.7. The molecule has 2 aliphatic rings. The zero-order valence-electron chi connectivity index (χ0n) is 16.8. The molecule has 1 aliphatic heterocycles. The van der Waals surface area contributed by atoms with Crippen LogP contribution in [0.2, 0.25) is 0 Å². The predicted molar refractivity (Wildman–Crippen MR) is 109 cm³/mol. The fraction of sp³-hybridized carbons (Fsp3) is 0.286. The largest absolute Gasteiger partial charge is 0.383 e. The number of hydrogen-bond donors (Lipinski definition) is 3. The molecule has 158 valence electrons. The number of Topliss-reactive ketones (excluding diaryl/α,β-unsaturated/α-hetero) is 1. The average Bonchev–Trinajstić information content (AvgIpc) is 3.13. The average molecular weight is 419 g/mol. The van der Waals surface area contributed by atoms with Gasteiger partial charge in [0.05, 0.1) is 36.6 Å². The van der Waals surface area contributed by atoms with Crippen molar-refractivity contribution in [3.8, 4) is 6.07 Å². The molecule has 10 nitrogen and oxygen atoms in total. The summed E-state index contributed by atoms with van der Waals surface area (Å²) in [5.74, 6) is -0.833. The molecule has 1 aromatic heterocycles. The van der Waals surface area contributed by atoms with Gasteiger partial charge in [-0.1, -0.05) is 19.1 Å². The second-order valence-corrected chi connectivity index (χ2v) is 7.64. The number of amides is 2. The van der Waals surface area contributed by atoms with Gasteiger partial charge in [0.2, 0.25) is 0 Å². The van der Waals surface area contributed by atoms with E-state index in [0.717, 1.165) is 5.56 Å². The second kappa shape index (κ2) is 7.95. The lowest BCUT2D eigenvalue weighted by Crippen LogP contribution is -2.51. The molecule has 4 N–H and O–H groups in total. The summed E-state index contributed by atoms with van der Waals surface area (Å²) in [5.41, 5.74) is 7.73. The van der Waals surface area contributed by atoms with E-state index in [4.69, 9.17) is 11.0 Å². The molecule has 2 atom stereocenters. The SMILES string of the molecule is CC1C(=O)C1CN1CNC(=O)C(NC(=O)c2cnn(Cc3cccc(C#N)c3)c2)=C1N. The lowest BCUT2D eigenvalue weighted by Gasteiger charge is -2.31. The van der Waals surface area contributed by atoms with Gasteiger partial charge in [-0.3, -0.25) is 19.1 Å². The molecule has 31 heavy (non-hydrogen) atoms. The molecule has 1 aromatic carbocycles. The molecule has 1 fully saturated rings. The quantitative estimate of drug-likeness (QED) is 0.592.